The maximum atomic E-state index is 8.92. The summed E-state index contributed by atoms with van der Waals surface area (Å²) in [4.78, 5) is 13.6. The number of hydrazine groups is 1. The molecule has 0 aliphatic carbocycles. The molecule has 0 aliphatic rings. The van der Waals surface area contributed by atoms with E-state index < -0.39 is 0 Å². The first-order valence-electron chi connectivity index (χ1n) is 5.44. The second-order valence-electron chi connectivity index (χ2n) is 3.76. The Balaban J connectivity index is 2.04. The van der Waals surface area contributed by atoms with Crippen LogP contribution in [0.3, 0.4) is 0 Å². The third kappa shape index (κ3) is 2.01. The van der Waals surface area contributed by atoms with Gasteiger partial charge in [-0.2, -0.15) is 5.26 Å². The maximum Gasteiger partial charge on any atom is 0.213 e. The summed E-state index contributed by atoms with van der Waals surface area (Å²) in [6, 6.07) is 3.93. The summed E-state index contributed by atoms with van der Waals surface area (Å²) in [5.41, 5.74) is 2.57. The van der Waals surface area contributed by atoms with Crippen molar-refractivity contribution in [2.24, 2.45) is 5.84 Å². The molecular weight excluding hydrogens is 262 g/mol. The Morgan fingerprint density at radius 3 is 3.16 bits per heavy atom. The van der Waals surface area contributed by atoms with Crippen LogP contribution in [0.15, 0.2) is 23.8 Å². The van der Waals surface area contributed by atoms with Gasteiger partial charge in [0.15, 0.2) is 11.6 Å². The molecule has 0 spiro atoms. The van der Waals surface area contributed by atoms with Crippen molar-refractivity contribution >= 4 is 27.4 Å². The van der Waals surface area contributed by atoms with Gasteiger partial charge in [-0.25, -0.2) is 20.8 Å². The van der Waals surface area contributed by atoms with Crippen LogP contribution < -0.4 is 11.3 Å². The first kappa shape index (κ1) is 11.6. The lowest BCUT2D eigenvalue weighted by Gasteiger charge is -2.06. The van der Waals surface area contributed by atoms with Crippen LogP contribution in [-0.4, -0.2) is 19.5 Å². The van der Waals surface area contributed by atoms with Crippen molar-refractivity contribution in [3.05, 3.63) is 35.5 Å². The van der Waals surface area contributed by atoms with E-state index in [2.05, 4.69) is 20.4 Å². The van der Waals surface area contributed by atoms with Crippen LogP contribution in [0.25, 0.3) is 10.2 Å². The molecule has 0 aromatic carbocycles. The van der Waals surface area contributed by atoms with Crippen LogP contribution in [0.4, 0.5) is 5.82 Å². The highest BCUT2D eigenvalue weighted by molar-refractivity contribution is 7.16. The van der Waals surface area contributed by atoms with Crippen LogP contribution in [0.5, 0.6) is 0 Å². The second kappa shape index (κ2) is 4.64. The maximum absolute atomic E-state index is 8.92. The Bertz CT molecular complexity index is 767. The van der Waals surface area contributed by atoms with Crippen molar-refractivity contribution in [1.29, 1.82) is 5.26 Å². The minimum Gasteiger partial charge on any atom is -0.315 e. The van der Waals surface area contributed by atoms with Gasteiger partial charge in [-0.3, -0.25) is 0 Å². The van der Waals surface area contributed by atoms with E-state index in [4.69, 9.17) is 11.1 Å². The first-order chi connectivity index (χ1) is 9.31. The zero-order valence-electron chi connectivity index (χ0n) is 9.74. The molecule has 3 aromatic heterocycles. The third-order valence-electron chi connectivity index (χ3n) is 2.64. The molecule has 3 N–H and O–H groups in total. The average Bonchev–Trinajstić information content (AvgIpc) is 3.06. The van der Waals surface area contributed by atoms with Crippen molar-refractivity contribution < 1.29 is 0 Å². The Morgan fingerprint density at radius 2 is 2.37 bits per heavy atom. The number of thiophene rings is 1. The molecule has 0 saturated heterocycles. The zero-order chi connectivity index (χ0) is 13.2. The predicted molar refractivity (Wildman–Crippen MR) is 71.3 cm³/mol. The van der Waals surface area contributed by atoms with Gasteiger partial charge >= 0.3 is 0 Å². The van der Waals surface area contributed by atoms with E-state index >= 15 is 0 Å². The number of nitrogen functional groups attached to an aromatic ring is 1. The zero-order valence-corrected chi connectivity index (χ0v) is 10.6. The fourth-order valence-electron chi connectivity index (χ4n) is 1.78. The van der Waals surface area contributed by atoms with Gasteiger partial charge in [-0.1, -0.05) is 0 Å². The minimum atomic E-state index is 0.331. The van der Waals surface area contributed by atoms with Crippen LogP contribution in [0, 0.1) is 11.3 Å². The van der Waals surface area contributed by atoms with E-state index in [0.29, 0.717) is 24.0 Å². The van der Waals surface area contributed by atoms with Crippen LogP contribution >= 0.6 is 11.3 Å². The monoisotopic (exact) mass is 271 g/mol. The first-order valence-corrected chi connectivity index (χ1v) is 6.31. The van der Waals surface area contributed by atoms with Crippen molar-refractivity contribution in [2.75, 3.05) is 5.43 Å². The summed E-state index contributed by atoms with van der Waals surface area (Å²) in [6.45, 7) is 0.380. The molecule has 19 heavy (non-hydrogen) atoms. The minimum absolute atomic E-state index is 0.331. The molecule has 0 aliphatic heterocycles. The molecule has 3 rings (SSSR count). The molecule has 0 bridgehead atoms. The fraction of sp³-hybridized carbons (Fsp3) is 0.0909. The van der Waals surface area contributed by atoms with Gasteiger partial charge in [0, 0.05) is 12.4 Å². The number of nitrogens with one attached hydrogen (secondary N) is 1. The number of imidazole rings is 1. The van der Waals surface area contributed by atoms with E-state index in [-0.39, 0.29) is 0 Å². The highest BCUT2D eigenvalue weighted by Gasteiger charge is 2.10. The lowest BCUT2D eigenvalue weighted by Crippen LogP contribution is -2.12. The van der Waals surface area contributed by atoms with Crippen molar-refractivity contribution in [3.8, 4) is 6.07 Å². The number of hydrogen-bond donors (Lipinski definition) is 2. The summed E-state index contributed by atoms with van der Waals surface area (Å²) in [5, 5.41) is 11.7. The molecule has 7 nitrogen and oxygen atoms in total. The Kier molecular flexibility index (Phi) is 2.83. The van der Waals surface area contributed by atoms with Gasteiger partial charge in [0.1, 0.15) is 10.9 Å². The summed E-state index contributed by atoms with van der Waals surface area (Å²) >= 11 is 1.52. The number of fused-ring (bicyclic) bond motifs is 1. The summed E-state index contributed by atoms with van der Waals surface area (Å²) in [5.74, 6) is 6.96. The third-order valence-corrected chi connectivity index (χ3v) is 3.44. The number of hydrogen-bond acceptors (Lipinski definition) is 7. The Labute approximate surface area is 112 Å². The molecule has 0 fully saturated rings. The van der Waals surface area contributed by atoms with Crippen molar-refractivity contribution in [2.45, 2.75) is 6.54 Å². The molecule has 0 amide bonds. The summed E-state index contributed by atoms with van der Waals surface area (Å²) in [7, 11) is 0. The number of nitrogens with two attached hydrogens (primary N) is 1. The van der Waals surface area contributed by atoms with Gasteiger partial charge in [-0.05, 0) is 11.4 Å². The molecule has 0 atom stereocenters. The van der Waals surface area contributed by atoms with Gasteiger partial charge in [0.25, 0.3) is 0 Å². The topological polar surface area (TPSA) is 105 Å². The smallest absolute Gasteiger partial charge is 0.213 e. The lowest BCUT2D eigenvalue weighted by atomic mass is 10.4. The number of nitriles is 1. The van der Waals surface area contributed by atoms with E-state index in [9.17, 15) is 0 Å². The highest BCUT2D eigenvalue weighted by Crippen LogP contribution is 2.24. The highest BCUT2D eigenvalue weighted by atomic mass is 32.1. The SMILES string of the molecule is N#Cc1nccn1Cc1nc(NN)c2ccsc2n1. The number of aromatic nitrogens is 4. The number of rotatable bonds is 3. The van der Waals surface area contributed by atoms with Crippen molar-refractivity contribution in [3.63, 3.8) is 0 Å². The number of nitrogens with zero attached hydrogens (tertiary/aromatic N) is 5. The molecule has 94 valence electrons. The van der Waals surface area contributed by atoms with E-state index in [1.54, 1.807) is 17.0 Å². The second-order valence-corrected chi connectivity index (χ2v) is 4.66. The Hall–Kier alpha value is -2.50. The lowest BCUT2D eigenvalue weighted by molar-refractivity contribution is 0.738. The quantitative estimate of drug-likeness (QED) is 0.545. The van der Waals surface area contributed by atoms with E-state index in [1.165, 1.54) is 11.3 Å². The van der Waals surface area contributed by atoms with Gasteiger partial charge in [0.05, 0.1) is 11.9 Å². The molecule has 3 heterocycles. The normalized spacial score (nSPS) is 10.5. The summed E-state index contributed by atoms with van der Waals surface area (Å²) in [6.07, 6.45) is 3.29. The summed E-state index contributed by atoms with van der Waals surface area (Å²) < 4.78 is 1.69. The fourth-order valence-corrected chi connectivity index (χ4v) is 2.57. The van der Waals surface area contributed by atoms with Gasteiger partial charge < -0.3 is 9.99 Å². The van der Waals surface area contributed by atoms with E-state index in [1.807, 2.05) is 17.5 Å². The largest absolute Gasteiger partial charge is 0.315 e. The standard InChI is InChI=1S/C11H9N7S/c12-5-9-14-2-3-18(9)6-8-15-10(17-13)7-1-4-19-11(7)16-8/h1-4H,6,13H2,(H,15,16,17). The molecule has 0 saturated carbocycles. The molecule has 0 unspecified atom stereocenters. The Morgan fingerprint density at radius 1 is 1.47 bits per heavy atom. The van der Waals surface area contributed by atoms with Crippen LogP contribution in [0.1, 0.15) is 11.6 Å². The molecule has 3 aromatic rings. The van der Waals surface area contributed by atoms with Crippen LogP contribution in [0.2, 0.25) is 0 Å². The molecular formula is C11H9N7S. The number of anilines is 1. The van der Waals surface area contributed by atoms with Gasteiger partial charge in [0.2, 0.25) is 5.82 Å². The molecule has 8 heteroatoms. The van der Waals surface area contributed by atoms with Crippen molar-refractivity contribution in [1.82, 2.24) is 19.5 Å². The van der Waals surface area contributed by atoms with E-state index in [0.717, 1.165) is 10.2 Å². The van der Waals surface area contributed by atoms with Crippen LogP contribution in [-0.2, 0) is 6.54 Å². The average molecular weight is 271 g/mol. The predicted octanol–water partition coefficient (Wildman–Crippen LogP) is 1.09. The van der Waals surface area contributed by atoms with Gasteiger partial charge in [-0.15, -0.1) is 11.3 Å². The molecule has 0 radical (unpaired) electrons.